The second-order valence-corrected chi connectivity index (χ2v) is 8.90. The lowest BCUT2D eigenvalue weighted by molar-refractivity contribution is 0.328. The van der Waals surface area contributed by atoms with Gasteiger partial charge >= 0.3 is 22.8 Å². The van der Waals surface area contributed by atoms with Crippen molar-refractivity contribution < 1.29 is 43.1 Å². The van der Waals surface area contributed by atoms with Crippen LogP contribution in [0.5, 0.6) is 0 Å². The molecule has 0 rings (SSSR count). The third kappa shape index (κ3) is 5.16. The zero-order chi connectivity index (χ0) is 13.4. The van der Waals surface area contributed by atoms with Crippen molar-refractivity contribution in [2.75, 3.05) is 0 Å². The van der Waals surface area contributed by atoms with Crippen LogP contribution in [-0.2, 0) is 13.7 Å². The van der Waals surface area contributed by atoms with E-state index in [1.165, 1.54) is 0 Å². The molecular formula is C3H12NO9P3. The average molecular weight is 299 g/mol. The Kier molecular flexibility index (Phi) is 5.08. The van der Waals surface area contributed by atoms with Crippen LogP contribution < -0.4 is 5.73 Å². The highest BCUT2D eigenvalue weighted by atomic mass is 31.2. The van der Waals surface area contributed by atoms with Crippen molar-refractivity contribution in [1.82, 2.24) is 0 Å². The topological polar surface area (TPSA) is 199 Å². The molecule has 0 radical (unpaired) electrons. The Morgan fingerprint density at radius 3 is 1.31 bits per heavy atom. The Labute approximate surface area is 90.0 Å². The van der Waals surface area contributed by atoms with Crippen LogP contribution in [-0.4, -0.2) is 40.5 Å². The van der Waals surface area contributed by atoms with Crippen LogP contribution in [0.3, 0.4) is 0 Å². The van der Waals surface area contributed by atoms with E-state index in [0.29, 0.717) is 0 Å². The van der Waals surface area contributed by atoms with Gasteiger partial charge in [-0.1, -0.05) is 0 Å². The first kappa shape index (κ1) is 16.4. The summed E-state index contributed by atoms with van der Waals surface area (Å²) in [6.07, 6.45) is -1.18. The number of hydrogen-bond donors (Lipinski definition) is 7. The van der Waals surface area contributed by atoms with E-state index in [1.54, 1.807) is 0 Å². The van der Waals surface area contributed by atoms with E-state index in [0.717, 1.165) is 0 Å². The summed E-state index contributed by atoms with van der Waals surface area (Å²) < 4.78 is 32.1. The molecular weight excluding hydrogens is 287 g/mol. The summed E-state index contributed by atoms with van der Waals surface area (Å²) in [5, 5.41) is -2.51. The van der Waals surface area contributed by atoms with Crippen LogP contribution in [0.25, 0.3) is 0 Å². The molecule has 0 aromatic heterocycles. The summed E-state index contributed by atoms with van der Waals surface area (Å²) in [6.45, 7) is 0. The molecule has 0 amide bonds. The zero-order valence-corrected chi connectivity index (χ0v) is 10.4. The van der Waals surface area contributed by atoms with E-state index >= 15 is 0 Å². The summed E-state index contributed by atoms with van der Waals surface area (Å²) in [5.74, 6) is -2.04. The smallest absolute Gasteiger partial charge is 0.324 e. The van der Waals surface area contributed by atoms with Crippen molar-refractivity contribution in [3.63, 3.8) is 0 Å². The molecule has 0 saturated heterocycles. The Morgan fingerprint density at radius 2 is 1.12 bits per heavy atom. The first-order valence-corrected chi connectivity index (χ1v) is 8.72. The van der Waals surface area contributed by atoms with E-state index in [2.05, 4.69) is 0 Å². The molecule has 98 valence electrons. The van der Waals surface area contributed by atoms with Gasteiger partial charge in [-0.3, -0.25) is 13.7 Å². The van der Waals surface area contributed by atoms with E-state index in [9.17, 15) is 13.7 Å². The minimum absolute atomic E-state index is 1.18. The van der Waals surface area contributed by atoms with Crippen molar-refractivity contribution >= 4 is 22.8 Å². The zero-order valence-electron chi connectivity index (χ0n) is 7.69. The standard InChI is InChI=1S/C3H12NO9P3/c4-2(14(5,6)7)1-3(15(8,9)10)16(11,12)13/h2-3H,1,4H2,(H2,5,6,7)(H2,8,9,10)(H2,11,12,13). The molecule has 1 atom stereocenters. The minimum Gasteiger partial charge on any atom is -0.324 e. The maximum absolute atomic E-state index is 10.7. The van der Waals surface area contributed by atoms with Crippen LogP contribution in [0.1, 0.15) is 6.42 Å². The van der Waals surface area contributed by atoms with Crippen molar-refractivity contribution in [3.8, 4) is 0 Å². The molecule has 0 bridgehead atoms. The van der Waals surface area contributed by atoms with Crippen LogP contribution in [0, 0.1) is 0 Å². The second-order valence-electron chi connectivity index (χ2n) is 3.05. The van der Waals surface area contributed by atoms with Gasteiger partial charge in [-0.05, 0) is 6.42 Å². The Balaban J connectivity index is 5.08. The van der Waals surface area contributed by atoms with E-state index in [-0.39, 0.29) is 0 Å². The molecule has 0 saturated carbocycles. The quantitative estimate of drug-likeness (QED) is 0.294. The summed E-state index contributed by atoms with van der Waals surface area (Å²) in [4.78, 5) is 51.6. The lowest BCUT2D eigenvalue weighted by atomic mass is 10.5. The van der Waals surface area contributed by atoms with Gasteiger partial charge in [-0.2, -0.15) is 0 Å². The summed E-state index contributed by atoms with van der Waals surface area (Å²) in [7, 11) is -15.3. The van der Waals surface area contributed by atoms with Gasteiger partial charge in [0, 0.05) is 0 Å². The highest BCUT2D eigenvalue weighted by molar-refractivity contribution is 7.70. The van der Waals surface area contributed by atoms with E-state index < -0.39 is 40.4 Å². The molecule has 0 aliphatic heterocycles. The fourth-order valence-corrected chi connectivity index (χ4v) is 4.21. The van der Waals surface area contributed by atoms with E-state index in [4.69, 9.17) is 35.1 Å². The molecule has 0 aliphatic rings. The second kappa shape index (κ2) is 4.96. The molecule has 1 unspecified atom stereocenters. The van der Waals surface area contributed by atoms with Crippen LogP contribution >= 0.6 is 22.8 Å². The lowest BCUT2D eigenvalue weighted by Gasteiger charge is -2.22. The van der Waals surface area contributed by atoms with Gasteiger partial charge in [0.1, 0.15) is 5.78 Å². The molecule has 0 fully saturated rings. The number of rotatable bonds is 5. The highest BCUT2D eigenvalue weighted by Crippen LogP contribution is 2.63. The molecule has 0 aromatic rings. The summed E-state index contributed by atoms with van der Waals surface area (Å²) in [5.41, 5.74) is 4.90. The Morgan fingerprint density at radius 1 is 0.812 bits per heavy atom. The molecule has 16 heavy (non-hydrogen) atoms. The third-order valence-corrected chi connectivity index (χ3v) is 6.52. The van der Waals surface area contributed by atoms with Crippen LogP contribution in [0.15, 0.2) is 0 Å². The molecule has 8 N–H and O–H groups in total. The van der Waals surface area contributed by atoms with Gasteiger partial charge in [0.05, 0.1) is 0 Å². The lowest BCUT2D eigenvalue weighted by Crippen LogP contribution is -2.26. The van der Waals surface area contributed by atoms with Gasteiger partial charge in [0.25, 0.3) is 0 Å². The number of nitrogens with two attached hydrogens (primary N) is 1. The fraction of sp³-hybridized carbons (Fsp3) is 1.00. The maximum Gasteiger partial charge on any atom is 0.342 e. The van der Waals surface area contributed by atoms with Gasteiger partial charge in [-0.15, -0.1) is 0 Å². The summed E-state index contributed by atoms with van der Waals surface area (Å²) in [6, 6.07) is 0. The molecule has 10 nitrogen and oxygen atoms in total. The van der Waals surface area contributed by atoms with Gasteiger partial charge < -0.3 is 35.1 Å². The summed E-state index contributed by atoms with van der Waals surface area (Å²) >= 11 is 0. The average Bonchev–Trinajstić information content (AvgIpc) is 1.92. The van der Waals surface area contributed by atoms with Gasteiger partial charge in [0.15, 0.2) is 5.40 Å². The Bertz CT molecular complexity index is 353. The predicted octanol–water partition coefficient (Wildman–Crippen LogP) is -1.48. The normalized spacial score (nSPS) is 16.5. The monoisotopic (exact) mass is 299 g/mol. The largest absolute Gasteiger partial charge is 0.342 e. The minimum atomic E-state index is -5.21. The van der Waals surface area contributed by atoms with Crippen molar-refractivity contribution in [3.05, 3.63) is 0 Å². The number of hydrogen-bond acceptors (Lipinski definition) is 4. The van der Waals surface area contributed by atoms with Crippen molar-refractivity contribution in [2.24, 2.45) is 5.73 Å². The SMILES string of the molecule is NC(CC(P(=O)(O)O)P(=O)(O)O)P(=O)(O)O. The maximum atomic E-state index is 10.7. The molecule has 13 heteroatoms. The van der Waals surface area contributed by atoms with Gasteiger partial charge in [-0.25, -0.2) is 0 Å². The molecule has 0 aromatic carbocycles. The highest BCUT2D eigenvalue weighted by Gasteiger charge is 2.46. The molecule has 0 heterocycles. The first-order valence-electron chi connectivity index (χ1n) is 3.67. The van der Waals surface area contributed by atoms with Gasteiger partial charge in [0.2, 0.25) is 0 Å². The van der Waals surface area contributed by atoms with Crippen LogP contribution in [0.4, 0.5) is 0 Å². The molecule has 0 aliphatic carbocycles. The third-order valence-electron chi connectivity index (χ3n) is 1.66. The first-order chi connectivity index (χ1) is 6.76. The van der Waals surface area contributed by atoms with Crippen LogP contribution in [0.2, 0.25) is 0 Å². The van der Waals surface area contributed by atoms with E-state index in [1.807, 2.05) is 0 Å². The fourth-order valence-electron chi connectivity index (χ4n) is 0.824. The van der Waals surface area contributed by atoms with Crippen molar-refractivity contribution in [1.29, 1.82) is 0 Å². The Hall–Kier alpha value is 0.410. The molecule has 0 spiro atoms. The predicted molar refractivity (Wildman–Crippen MR) is 52.5 cm³/mol. The van der Waals surface area contributed by atoms with Crippen molar-refractivity contribution in [2.45, 2.75) is 17.6 Å².